The number of rotatable bonds is 6. The van der Waals surface area contributed by atoms with Gasteiger partial charge < -0.3 is 19.2 Å². The zero-order valence-electron chi connectivity index (χ0n) is 40.4. The van der Waals surface area contributed by atoms with Gasteiger partial charge in [0.05, 0.1) is 22.1 Å². The number of benzene rings is 8. The summed E-state index contributed by atoms with van der Waals surface area (Å²) in [5.41, 5.74) is 18.0. The van der Waals surface area contributed by atoms with Crippen molar-refractivity contribution in [1.82, 2.24) is 4.57 Å². The van der Waals surface area contributed by atoms with Crippen molar-refractivity contribution >= 4 is 111 Å². The summed E-state index contributed by atoms with van der Waals surface area (Å²) in [6.45, 7) is 20.7. The quantitative estimate of drug-likeness (QED) is 0.169. The fraction of sp³-hybridized carbons (Fsp3) is 0.194. The Morgan fingerprint density at radius 1 is 0.544 bits per heavy atom. The van der Waals surface area contributed by atoms with Crippen molar-refractivity contribution in [3.05, 3.63) is 180 Å². The van der Waals surface area contributed by atoms with Gasteiger partial charge in [0, 0.05) is 60.2 Å². The molecule has 0 amide bonds. The summed E-state index contributed by atoms with van der Waals surface area (Å²) >= 11 is 1.89. The molecule has 0 fully saturated rings. The Bertz CT molecular complexity index is 3740. The molecule has 12 rings (SSSR count). The van der Waals surface area contributed by atoms with Crippen molar-refractivity contribution in [3.63, 3.8) is 0 Å². The van der Waals surface area contributed by atoms with E-state index in [-0.39, 0.29) is 16.2 Å². The van der Waals surface area contributed by atoms with Gasteiger partial charge in [-0.25, -0.2) is 0 Å². The molecule has 68 heavy (non-hydrogen) atoms. The summed E-state index contributed by atoms with van der Waals surface area (Å²) in [5.74, 6) is 0. The van der Waals surface area contributed by atoms with Gasteiger partial charge in [0.1, 0.15) is 11.2 Å². The molecule has 0 unspecified atom stereocenters. The molecule has 1 aliphatic rings. The standard InChI is InChI=1S/C62H55BN3OS/c1-60(2,3)37-24-28-40(29-25-37)64-48-31-30-43(65(41-18-12-10-13-19-41)42-20-14-11-15-21-42)36-45(48)52-53-44-22-16-17-23-50(44)67-58(53)54-46-34-38(61(4,5)6)26-32-49(46)66-56-47-35-39(62(7,8)9)27-33-51(47)68-59(56)63-55(52)57(54)66/h10-36,64H,1-9H3. The van der Waals surface area contributed by atoms with E-state index in [1.807, 2.05) is 11.3 Å². The molecule has 1 N–H and O–H groups in total. The van der Waals surface area contributed by atoms with Crippen molar-refractivity contribution < 1.29 is 4.42 Å². The Morgan fingerprint density at radius 2 is 1.15 bits per heavy atom. The van der Waals surface area contributed by atoms with Gasteiger partial charge in [-0.1, -0.05) is 141 Å². The second-order valence-corrected chi connectivity index (χ2v) is 22.8. The number of para-hydroxylation sites is 3. The first kappa shape index (κ1) is 42.3. The Balaban J connectivity index is 1.24. The zero-order chi connectivity index (χ0) is 46.9. The third-order valence-electron chi connectivity index (χ3n) is 14.1. The minimum atomic E-state index is -0.0536. The highest BCUT2D eigenvalue weighted by Crippen LogP contribution is 2.50. The van der Waals surface area contributed by atoms with Gasteiger partial charge in [0.2, 0.25) is 7.28 Å². The first-order chi connectivity index (χ1) is 32.6. The van der Waals surface area contributed by atoms with Gasteiger partial charge in [-0.3, -0.25) is 0 Å². The molecule has 3 aromatic heterocycles. The molecule has 0 spiro atoms. The third kappa shape index (κ3) is 6.78. The van der Waals surface area contributed by atoms with Crippen molar-refractivity contribution in [2.24, 2.45) is 0 Å². The number of anilines is 5. The lowest BCUT2D eigenvalue weighted by molar-refractivity contribution is 0.590. The second-order valence-electron chi connectivity index (χ2n) is 21.7. The zero-order valence-corrected chi connectivity index (χ0v) is 41.2. The van der Waals surface area contributed by atoms with Crippen LogP contribution >= 0.6 is 11.3 Å². The molecule has 4 nitrogen and oxygen atoms in total. The number of hydrogen-bond acceptors (Lipinski definition) is 4. The molecular weight excluding hydrogens is 846 g/mol. The molecule has 1 aliphatic heterocycles. The van der Waals surface area contributed by atoms with Crippen molar-refractivity contribution in [1.29, 1.82) is 0 Å². The van der Waals surface area contributed by atoms with Crippen LogP contribution < -0.4 is 20.5 Å². The van der Waals surface area contributed by atoms with Crippen LogP contribution in [0.3, 0.4) is 0 Å². The van der Waals surface area contributed by atoms with E-state index in [0.29, 0.717) is 0 Å². The molecule has 8 aromatic carbocycles. The van der Waals surface area contributed by atoms with E-state index in [0.717, 1.165) is 66.9 Å². The molecular formula is C62H55BN3OS. The number of nitrogens with zero attached hydrogens (tertiary/aromatic N) is 2. The molecule has 0 saturated carbocycles. The Kier molecular flexibility index (Phi) is 9.50. The number of thiophene rings is 1. The molecule has 11 aromatic rings. The Labute approximate surface area is 404 Å². The monoisotopic (exact) mass is 900 g/mol. The molecule has 6 heteroatoms. The van der Waals surface area contributed by atoms with Gasteiger partial charge >= 0.3 is 0 Å². The summed E-state index contributed by atoms with van der Waals surface area (Å²) in [5, 5.41) is 9.85. The number of aromatic nitrogens is 1. The van der Waals surface area contributed by atoms with Crippen LogP contribution in [0.4, 0.5) is 28.4 Å². The predicted octanol–water partition coefficient (Wildman–Crippen LogP) is 16.6. The molecule has 333 valence electrons. The molecule has 0 saturated heterocycles. The van der Waals surface area contributed by atoms with E-state index >= 15 is 0 Å². The SMILES string of the molecule is CC(C)(C)c1ccc(Nc2ccc(N(c3ccccc3)c3ccccc3)cc2-c2c3c4c(c5cc(C(C)(C)C)ccc5n4-c4c(sc5ccc(C(C)(C)C)cc45)[B]3)c3oc4ccccc4c23)cc1. The first-order valence-corrected chi connectivity index (χ1v) is 24.7. The molecule has 0 atom stereocenters. The van der Waals surface area contributed by atoms with Crippen LogP contribution in [0.1, 0.15) is 79.0 Å². The van der Waals surface area contributed by atoms with Crippen LogP contribution in [-0.2, 0) is 16.2 Å². The summed E-state index contributed by atoms with van der Waals surface area (Å²) in [4.78, 5) is 2.37. The van der Waals surface area contributed by atoms with Gasteiger partial charge in [-0.2, -0.15) is 0 Å². The van der Waals surface area contributed by atoms with E-state index in [9.17, 15) is 0 Å². The number of nitrogens with one attached hydrogen (secondary N) is 1. The minimum Gasteiger partial charge on any atom is -0.455 e. The summed E-state index contributed by atoms with van der Waals surface area (Å²) in [6, 6.07) is 60.2. The maximum Gasteiger partial charge on any atom is 0.211 e. The number of hydrogen-bond donors (Lipinski definition) is 1. The highest BCUT2D eigenvalue weighted by Gasteiger charge is 2.35. The second kappa shape index (κ2) is 15.2. The van der Waals surface area contributed by atoms with Crippen LogP contribution in [0, 0.1) is 0 Å². The average Bonchev–Trinajstić information content (AvgIpc) is 3.99. The largest absolute Gasteiger partial charge is 0.455 e. The smallest absolute Gasteiger partial charge is 0.211 e. The van der Waals surface area contributed by atoms with E-state index in [4.69, 9.17) is 4.42 Å². The van der Waals surface area contributed by atoms with Crippen molar-refractivity contribution in [2.75, 3.05) is 10.2 Å². The van der Waals surface area contributed by atoms with Crippen molar-refractivity contribution in [3.8, 4) is 16.8 Å². The van der Waals surface area contributed by atoms with Crippen LogP contribution in [0.15, 0.2) is 168 Å². The highest BCUT2D eigenvalue weighted by molar-refractivity contribution is 7.29. The van der Waals surface area contributed by atoms with Crippen LogP contribution in [0.5, 0.6) is 0 Å². The van der Waals surface area contributed by atoms with Gasteiger partial charge in [0.15, 0.2) is 0 Å². The average molecular weight is 901 g/mol. The lowest BCUT2D eigenvalue weighted by Gasteiger charge is -2.28. The molecule has 0 aliphatic carbocycles. The molecule has 0 bridgehead atoms. The lowest BCUT2D eigenvalue weighted by atomic mass is 9.62. The van der Waals surface area contributed by atoms with Gasteiger partial charge in [-0.15, -0.1) is 11.3 Å². The number of fused-ring (bicyclic) bond motifs is 11. The van der Waals surface area contributed by atoms with Gasteiger partial charge in [0.25, 0.3) is 0 Å². The molecule has 4 heterocycles. The lowest BCUT2D eigenvalue weighted by Crippen LogP contribution is -2.35. The van der Waals surface area contributed by atoms with Crippen LogP contribution in [-0.4, -0.2) is 11.8 Å². The topological polar surface area (TPSA) is 33.3 Å². The third-order valence-corrected chi connectivity index (χ3v) is 15.2. The summed E-state index contributed by atoms with van der Waals surface area (Å²) in [6.07, 6.45) is 0. The minimum absolute atomic E-state index is 0.00252. The maximum absolute atomic E-state index is 7.28. The fourth-order valence-electron chi connectivity index (χ4n) is 10.4. The predicted molar refractivity (Wildman–Crippen MR) is 294 cm³/mol. The van der Waals surface area contributed by atoms with Gasteiger partial charge in [-0.05, 0) is 134 Å². The highest BCUT2D eigenvalue weighted by atomic mass is 32.1. The number of furan rings is 1. The van der Waals surface area contributed by atoms with E-state index in [1.54, 1.807) is 0 Å². The Hall–Kier alpha value is -7.02. The van der Waals surface area contributed by atoms with E-state index in [1.165, 1.54) is 59.1 Å². The van der Waals surface area contributed by atoms with E-state index < -0.39 is 0 Å². The van der Waals surface area contributed by atoms with E-state index in [2.05, 4.69) is 248 Å². The van der Waals surface area contributed by atoms with Crippen LogP contribution in [0.2, 0.25) is 0 Å². The fourth-order valence-corrected chi connectivity index (χ4v) is 11.6. The van der Waals surface area contributed by atoms with Crippen LogP contribution in [0.25, 0.3) is 70.6 Å². The Morgan fingerprint density at radius 3 is 1.81 bits per heavy atom. The normalized spacial score (nSPS) is 12.9. The van der Waals surface area contributed by atoms with Crippen molar-refractivity contribution in [2.45, 2.75) is 78.6 Å². The molecule has 1 radical (unpaired) electrons. The summed E-state index contributed by atoms with van der Waals surface area (Å²) in [7, 11) is 2.50. The first-order valence-electron chi connectivity index (χ1n) is 23.9. The summed E-state index contributed by atoms with van der Waals surface area (Å²) < 4.78 is 12.4. The maximum atomic E-state index is 7.28.